The Morgan fingerprint density at radius 3 is 2.42 bits per heavy atom. The third-order valence-corrected chi connectivity index (χ3v) is 4.67. The summed E-state index contributed by atoms with van der Waals surface area (Å²) in [7, 11) is 0. The first kappa shape index (κ1) is 14.3. The maximum absolute atomic E-state index is 12.1. The Labute approximate surface area is 113 Å². The number of amides is 1. The Bertz CT molecular complexity index is 357. The molecule has 19 heavy (non-hydrogen) atoms. The molecular formula is C14H23NO4. The molecule has 0 aromatic rings. The summed E-state index contributed by atoms with van der Waals surface area (Å²) in [6, 6.07) is 0.213. The van der Waals surface area contributed by atoms with Gasteiger partial charge in [-0.2, -0.15) is 0 Å². The zero-order valence-corrected chi connectivity index (χ0v) is 11.6. The summed E-state index contributed by atoms with van der Waals surface area (Å²) in [5, 5.41) is 11.9. The van der Waals surface area contributed by atoms with Gasteiger partial charge in [-0.1, -0.05) is 20.3 Å². The Morgan fingerprint density at radius 2 is 1.89 bits per heavy atom. The smallest absolute Gasteiger partial charge is 0.332 e. The van der Waals surface area contributed by atoms with Crippen LogP contribution in [-0.4, -0.2) is 35.2 Å². The summed E-state index contributed by atoms with van der Waals surface area (Å²) >= 11 is 0. The molecule has 2 rings (SSSR count). The van der Waals surface area contributed by atoms with Crippen LogP contribution >= 0.6 is 0 Å². The summed E-state index contributed by atoms with van der Waals surface area (Å²) in [6.07, 6.45) is 2.84. The molecule has 0 radical (unpaired) electrons. The van der Waals surface area contributed by atoms with Crippen molar-refractivity contribution < 1.29 is 19.4 Å². The van der Waals surface area contributed by atoms with Crippen molar-refractivity contribution in [1.82, 2.24) is 5.32 Å². The molecular weight excluding hydrogens is 246 g/mol. The van der Waals surface area contributed by atoms with Crippen LogP contribution in [0.1, 0.15) is 46.0 Å². The van der Waals surface area contributed by atoms with Gasteiger partial charge in [0.25, 0.3) is 0 Å². The first-order valence-corrected chi connectivity index (χ1v) is 7.21. The van der Waals surface area contributed by atoms with Crippen molar-refractivity contribution in [2.45, 2.75) is 64.2 Å². The highest BCUT2D eigenvalue weighted by Gasteiger charge is 2.38. The Hall–Kier alpha value is -1.10. The number of carbonyl (C=O) groups is 2. The van der Waals surface area contributed by atoms with E-state index < -0.39 is 18.2 Å². The van der Waals surface area contributed by atoms with Crippen molar-refractivity contribution in [3.63, 3.8) is 0 Å². The number of hydrogen-bond acceptors (Lipinski definition) is 3. The van der Waals surface area contributed by atoms with Gasteiger partial charge < -0.3 is 15.2 Å². The van der Waals surface area contributed by atoms with Gasteiger partial charge in [-0.15, -0.1) is 0 Å². The number of aliphatic carboxylic acids is 1. The van der Waals surface area contributed by atoms with Crippen LogP contribution in [0.15, 0.2) is 0 Å². The highest BCUT2D eigenvalue weighted by Crippen LogP contribution is 2.34. The maximum atomic E-state index is 12.1. The Kier molecular flexibility index (Phi) is 4.45. The van der Waals surface area contributed by atoms with Gasteiger partial charge in [-0.05, 0) is 37.5 Å². The molecule has 5 heteroatoms. The number of ether oxygens (including phenoxy) is 1. The third-order valence-electron chi connectivity index (χ3n) is 4.67. The lowest BCUT2D eigenvalue weighted by Crippen LogP contribution is -2.43. The zero-order valence-electron chi connectivity index (χ0n) is 11.6. The molecule has 5 unspecified atom stereocenters. The zero-order chi connectivity index (χ0) is 14.0. The molecule has 1 aliphatic carbocycles. The van der Waals surface area contributed by atoms with Crippen LogP contribution < -0.4 is 5.32 Å². The monoisotopic (exact) mass is 269 g/mol. The first-order chi connectivity index (χ1) is 9.02. The second-order valence-electron chi connectivity index (χ2n) is 5.75. The number of nitrogens with one attached hydrogen (secondary N) is 1. The first-order valence-electron chi connectivity index (χ1n) is 7.21. The topological polar surface area (TPSA) is 75.6 Å². The standard InChI is InChI=1S/C14H23NO4/c1-3-9-4-5-10(8(9)2)15-13(16)11-6-7-12(19-11)14(17)18/h8-12H,3-7H2,1-2H3,(H,15,16)(H,17,18). The third kappa shape index (κ3) is 3.08. The molecule has 2 N–H and O–H groups in total. The van der Waals surface area contributed by atoms with Gasteiger partial charge in [0, 0.05) is 6.04 Å². The van der Waals surface area contributed by atoms with Crippen molar-refractivity contribution in [2.75, 3.05) is 0 Å². The molecule has 2 fully saturated rings. The SMILES string of the molecule is CCC1CCC(NC(=O)C2CCC(C(=O)O)O2)C1C. The van der Waals surface area contributed by atoms with Crippen LogP contribution in [0, 0.1) is 11.8 Å². The molecule has 1 aliphatic heterocycles. The quantitative estimate of drug-likeness (QED) is 0.812. The van der Waals surface area contributed by atoms with Crippen LogP contribution in [0.3, 0.4) is 0 Å². The molecule has 0 spiro atoms. The lowest BCUT2D eigenvalue weighted by atomic mass is 9.93. The van der Waals surface area contributed by atoms with Crippen molar-refractivity contribution in [3.8, 4) is 0 Å². The van der Waals surface area contributed by atoms with E-state index in [1.165, 1.54) is 0 Å². The average Bonchev–Trinajstić information content (AvgIpc) is 2.97. The minimum absolute atomic E-state index is 0.141. The normalized spacial score (nSPS) is 38.3. The lowest BCUT2D eigenvalue weighted by molar-refractivity contribution is -0.152. The Balaban J connectivity index is 1.84. The van der Waals surface area contributed by atoms with E-state index in [0.29, 0.717) is 24.7 Å². The summed E-state index contributed by atoms with van der Waals surface area (Å²) in [4.78, 5) is 22.9. The van der Waals surface area contributed by atoms with Gasteiger partial charge in [0.05, 0.1) is 0 Å². The molecule has 5 nitrogen and oxygen atoms in total. The fraction of sp³-hybridized carbons (Fsp3) is 0.857. The molecule has 0 bridgehead atoms. The lowest BCUT2D eigenvalue weighted by Gasteiger charge is -2.22. The number of carbonyl (C=O) groups excluding carboxylic acids is 1. The molecule has 2 aliphatic rings. The van der Waals surface area contributed by atoms with E-state index in [1.807, 2.05) is 0 Å². The van der Waals surface area contributed by atoms with E-state index in [4.69, 9.17) is 9.84 Å². The van der Waals surface area contributed by atoms with Crippen LogP contribution in [0.5, 0.6) is 0 Å². The number of carboxylic acids is 1. The number of hydrogen-bond donors (Lipinski definition) is 2. The van der Waals surface area contributed by atoms with Crippen molar-refractivity contribution in [1.29, 1.82) is 0 Å². The van der Waals surface area contributed by atoms with Crippen molar-refractivity contribution in [2.24, 2.45) is 11.8 Å². The predicted octanol–water partition coefficient (Wildman–Crippen LogP) is 1.56. The molecule has 108 valence electrons. The summed E-state index contributed by atoms with van der Waals surface area (Å²) in [6.45, 7) is 4.37. The number of rotatable bonds is 4. The second kappa shape index (κ2) is 5.90. The predicted molar refractivity (Wildman–Crippen MR) is 69.6 cm³/mol. The van der Waals surface area contributed by atoms with Crippen LogP contribution in [0.4, 0.5) is 0 Å². The molecule has 1 saturated heterocycles. The van der Waals surface area contributed by atoms with Gasteiger partial charge >= 0.3 is 5.97 Å². The van der Waals surface area contributed by atoms with E-state index in [2.05, 4.69) is 19.2 Å². The molecule has 5 atom stereocenters. The van der Waals surface area contributed by atoms with E-state index >= 15 is 0 Å². The fourth-order valence-corrected chi connectivity index (χ4v) is 3.31. The highest BCUT2D eigenvalue weighted by atomic mass is 16.5. The Morgan fingerprint density at radius 1 is 1.21 bits per heavy atom. The molecule has 1 amide bonds. The van der Waals surface area contributed by atoms with Crippen molar-refractivity contribution in [3.05, 3.63) is 0 Å². The maximum Gasteiger partial charge on any atom is 0.332 e. The minimum atomic E-state index is -0.976. The van der Waals surface area contributed by atoms with E-state index in [9.17, 15) is 9.59 Å². The fourth-order valence-electron chi connectivity index (χ4n) is 3.31. The number of carboxylic acid groups (broad SMARTS) is 1. The average molecular weight is 269 g/mol. The largest absolute Gasteiger partial charge is 0.479 e. The van der Waals surface area contributed by atoms with Gasteiger partial charge in [-0.25, -0.2) is 4.79 Å². The second-order valence-corrected chi connectivity index (χ2v) is 5.75. The van der Waals surface area contributed by atoms with Gasteiger partial charge in [0.1, 0.15) is 6.10 Å². The summed E-state index contributed by atoms with van der Waals surface area (Å²) in [5.41, 5.74) is 0. The van der Waals surface area contributed by atoms with Gasteiger partial charge in [-0.3, -0.25) is 4.79 Å². The van der Waals surface area contributed by atoms with Gasteiger partial charge in [0.15, 0.2) is 6.10 Å². The molecule has 1 heterocycles. The van der Waals surface area contributed by atoms with E-state index in [-0.39, 0.29) is 11.9 Å². The van der Waals surface area contributed by atoms with E-state index in [1.54, 1.807) is 0 Å². The van der Waals surface area contributed by atoms with Crippen molar-refractivity contribution >= 4 is 11.9 Å². The molecule has 0 aromatic carbocycles. The van der Waals surface area contributed by atoms with Crippen LogP contribution in [-0.2, 0) is 14.3 Å². The van der Waals surface area contributed by atoms with Gasteiger partial charge in [0.2, 0.25) is 5.91 Å². The summed E-state index contributed by atoms with van der Waals surface area (Å²) in [5.74, 6) is 0.0557. The van der Waals surface area contributed by atoms with Crippen LogP contribution in [0.2, 0.25) is 0 Å². The summed E-state index contributed by atoms with van der Waals surface area (Å²) < 4.78 is 5.27. The molecule has 1 saturated carbocycles. The van der Waals surface area contributed by atoms with E-state index in [0.717, 1.165) is 19.3 Å². The molecule has 0 aromatic heterocycles. The van der Waals surface area contributed by atoms with Crippen LogP contribution in [0.25, 0.3) is 0 Å². The highest BCUT2D eigenvalue weighted by molar-refractivity contribution is 5.82. The minimum Gasteiger partial charge on any atom is -0.479 e.